The molecule has 0 radical (unpaired) electrons. The number of imidazole rings is 1. The van der Waals surface area contributed by atoms with Crippen molar-refractivity contribution in [2.45, 2.75) is 13.3 Å². The number of carboxylic acids is 1. The highest BCUT2D eigenvalue weighted by Crippen LogP contribution is 2.18. The van der Waals surface area contributed by atoms with E-state index in [1.807, 2.05) is 30.3 Å². The fourth-order valence-corrected chi connectivity index (χ4v) is 3.78. The maximum absolute atomic E-state index is 12.8. The van der Waals surface area contributed by atoms with Crippen LogP contribution in [-0.2, 0) is 6.42 Å². The van der Waals surface area contributed by atoms with Gasteiger partial charge in [0.25, 0.3) is 5.56 Å². The summed E-state index contributed by atoms with van der Waals surface area (Å²) in [6.45, 7) is 2.10. The quantitative estimate of drug-likeness (QED) is 0.617. The fourth-order valence-electron chi connectivity index (χ4n) is 2.80. The van der Waals surface area contributed by atoms with Gasteiger partial charge < -0.3 is 5.11 Å². The third-order valence-corrected chi connectivity index (χ3v) is 5.14. The Hall–Kier alpha value is -2.99. The molecule has 0 saturated carbocycles. The van der Waals surface area contributed by atoms with Gasteiger partial charge >= 0.3 is 5.97 Å². The van der Waals surface area contributed by atoms with Crippen LogP contribution in [0.15, 0.2) is 47.3 Å². The smallest absolute Gasteiger partial charge is 0.335 e. The maximum atomic E-state index is 12.8. The van der Waals surface area contributed by atoms with E-state index in [9.17, 15) is 9.59 Å². The molecule has 0 aliphatic carbocycles. The second-order valence-electron chi connectivity index (χ2n) is 5.75. The van der Waals surface area contributed by atoms with Gasteiger partial charge in [-0.1, -0.05) is 42.5 Å². The average molecular weight is 350 g/mol. The molecule has 0 atom stereocenters. The van der Waals surface area contributed by atoms with Crippen LogP contribution >= 0.6 is 11.3 Å². The van der Waals surface area contributed by atoms with E-state index in [1.165, 1.54) is 33.4 Å². The van der Waals surface area contributed by atoms with E-state index in [4.69, 9.17) is 5.11 Å². The van der Waals surface area contributed by atoms with Crippen molar-refractivity contribution in [3.05, 3.63) is 74.0 Å². The molecule has 0 fully saturated rings. The van der Waals surface area contributed by atoms with Gasteiger partial charge in [-0.05, 0) is 41.8 Å². The zero-order chi connectivity index (χ0) is 17.6. The Kier molecular flexibility index (Phi) is 3.62. The van der Waals surface area contributed by atoms with E-state index in [0.29, 0.717) is 20.5 Å². The zero-order valence-electron chi connectivity index (χ0n) is 13.4. The molecule has 0 bridgehead atoms. The van der Waals surface area contributed by atoms with E-state index in [1.54, 1.807) is 6.07 Å². The van der Waals surface area contributed by atoms with Crippen LogP contribution in [0, 0.1) is 0 Å². The summed E-state index contributed by atoms with van der Waals surface area (Å²) in [5, 5.41) is 9.15. The number of carbonyl (C=O) groups is 1. The minimum absolute atomic E-state index is 0.139. The van der Waals surface area contributed by atoms with Crippen LogP contribution < -0.4 is 10.1 Å². The standard InChI is InChI=1S/C19H14N2O3S/c1-2-11-3-5-12(6-4-11)9-16-17(22)21-15-10-13(18(23)24)7-8-14(15)20-19(21)25-16/h3-10H,2H2,1H3,(H,23,24)/b16-9-. The van der Waals surface area contributed by atoms with Gasteiger partial charge in [0.05, 0.1) is 21.1 Å². The highest BCUT2D eigenvalue weighted by atomic mass is 32.1. The molecule has 2 aromatic carbocycles. The molecule has 0 spiro atoms. The molecule has 1 N–H and O–H groups in total. The van der Waals surface area contributed by atoms with Crippen molar-refractivity contribution in [1.29, 1.82) is 0 Å². The molecule has 4 rings (SSSR count). The van der Waals surface area contributed by atoms with Gasteiger partial charge in [-0.25, -0.2) is 14.2 Å². The minimum atomic E-state index is -1.03. The summed E-state index contributed by atoms with van der Waals surface area (Å²) in [7, 11) is 0. The van der Waals surface area contributed by atoms with Crippen LogP contribution in [0.2, 0.25) is 0 Å². The Bertz CT molecular complexity index is 1220. The van der Waals surface area contributed by atoms with E-state index in [0.717, 1.165) is 12.0 Å². The zero-order valence-corrected chi connectivity index (χ0v) is 14.2. The van der Waals surface area contributed by atoms with Gasteiger partial charge in [0.2, 0.25) is 0 Å². The molecule has 0 aliphatic rings. The number of fused-ring (bicyclic) bond motifs is 3. The predicted molar refractivity (Wildman–Crippen MR) is 98.4 cm³/mol. The Morgan fingerprint density at radius 3 is 2.68 bits per heavy atom. The maximum Gasteiger partial charge on any atom is 0.335 e. The first-order valence-electron chi connectivity index (χ1n) is 7.86. The Morgan fingerprint density at radius 2 is 2.00 bits per heavy atom. The fraction of sp³-hybridized carbons (Fsp3) is 0.105. The van der Waals surface area contributed by atoms with Gasteiger partial charge in [0.15, 0.2) is 4.96 Å². The molecule has 0 aliphatic heterocycles. The highest BCUT2D eigenvalue weighted by molar-refractivity contribution is 7.15. The molecule has 25 heavy (non-hydrogen) atoms. The number of aromatic carboxylic acids is 1. The molecule has 6 heteroatoms. The third-order valence-electron chi connectivity index (χ3n) is 4.17. The van der Waals surface area contributed by atoms with Gasteiger partial charge in [-0.3, -0.25) is 4.79 Å². The number of carboxylic acid groups (broad SMARTS) is 1. The van der Waals surface area contributed by atoms with Crippen LogP contribution in [0.1, 0.15) is 28.4 Å². The predicted octanol–water partition coefficient (Wildman–Crippen LogP) is 2.72. The molecule has 5 nitrogen and oxygen atoms in total. The summed E-state index contributed by atoms with van der Waals surface area (Å²) in [5.41, 5.74) is 3.30. The Morgan fingerprint density at radius 1 is 1.24 bits per heavy atom. The molecule has 0 unspecified atom stereocenters. The number of rotatable bonds is 3. The van der Waals surface area contributed by atoms with Crippen molar-refractivity contribution in [1.82, 2.24) is 9.38 Å². The molecular formula is C19H14N2O3S. The van der Waals surface area contributed by atoms with Crippen molar-refractivity contribution in [2.24, 2.45) is 0 Å². The second-order valence-corrected chi connectivity index (χ2v) is 6.76. The molecule has 0 amide bonds. The molecule has 2 aromatic heterocycles. The summed E-state index contributed by atoms with van der Waals surface area (Å²) in [4.78, 5) is 28.9. The number of benzene rings is 2. The van der Waals surface area contributed by atoms with Crippen molar-refractivity contribution in [2.75, 3.05) is 0 Å². The molecule has 4 aromatic rings. The molecule has 124 valence electrons. The van der Waals surface area contributed by atoms with Crippen molar-refractivity contribution < 1.29 is 9.90 Å². The largest absolute Gasteiger partial charge is 0.478 e. The lowest BCUT2D eigenvalue weighted by Gasteiger charge is -1.96. The van der Waals surface area contributed by atoms with Crippen molar-refractivity contribution >= 4 is 39.4 Å². The van der Waals surface area contributed by atoms with Crippen LogP contribution in [-0.4, -0.2) is 20.5 Å². The van der Waals surface area contributed by atoms with Crippen LogP contribution in [0.4, 0.5) is 0 Å². The normalized spacial score (nSPS) is 12.3. The first-order chi connectivity index (χ1) is 12.1. The van der Waals surface area contributed by atoms with E-state index >= 15 is 0 Å². The van der Waals surface area contributed by atoms with E-state index in [-0.39, 0.29) is 11.1 Å². The number of nitrogens with zero attached hydrogens (tertiary/aromatic N) is 2. The van der Waals surface area contributed by atoms with Gasteiger partial charge in [0.1, 0.15) is 0 Å². The van der Waals surface area contributed by atoms with Gasteiger partial charge in [-0.2, -0.15) is 0 Å². The number of hydrogen-bond acceptors (Lipinski definition) is 4. The highest BCUT2D eigenvalue weighted by Gasteiger charge is 2.13. The third kappa shape index (κ3) is 2.60. The van der Waals surface area contributed by atoms with Crippen molar-refractivity contribution in [3.8, 4) is 0 Å². The Labute approximate surface area is 146 Å². The SMILES string of the molecule is CCc1ccc(/C=c2\sc3nc4ccc(C(=O)O)cc4n3c2=O)cc1. The summed E-state index contributed by atoms with van der Waals surface area (Å²) < 4.78 is 2.06. The molecular weight excluding hydrogens is 336 g/mol. The van der Waals surface area contributed by atoms with Crippen LogP contribution in [0.25, 0.3) is 22.1 Å². The topological polar surface area (TPSA) is 71.7 Å². The number of hydrogen-bond donors (Lipinski definition) is 1. The lowest BCUT2D eigenvalue weighted by atomic mass is 10.1. The molecule has 0 saturated heterocycles. The summed E-state index contributed by atoms with van der Waals surface area (Å²) in [6.07, 6.45) is 2.81. The van der Waals surface area contributed by atoms with E-state index < -0.39 is 5.97 Å². The molecule has 2 heterocycles. The average Bonchev–Trinajstić information content (AvgIpc) is 3.11. The first kappa shape index (κ1) is 15.5. The van der Waals surface area contributed by atoms with Gasteiger partial charge in [-0.15, -0.1) is 0 Å². The minimum Gasteiger partial charge on any atom is -0.478 e. The number of aryl methyl sites for hydroxylation is 1. The number of aromatic nitrogens is 2. The lowest BCUT2D eigenvalue weighted by molar-refractivity contribution is 0.0697. The summed E-state index contributed by atoms with van der Waals surface area (Å²) in [6, 6.07) is 12.7. The number of thiazole rings is 1. The second kappa shape index (κ2) is 5.82. The van der Waals surface area contributed by atoms with Crippen LogP contribution in [0.5, 0.6) is 0 Å². The van der Waals surface area contributed by atoms with Crippen LogP contribution in [0.3, 0.4) is 0 Å². The monoisotopic (exact) mass is 350 g/mol. The Balaban J connectivity index is 1.92. The van der Waals surface area contributed by atoms with E-state index in [2.05, 4.69) is 11.9 Å². The van der Waals surface area contributed by atoms with Gasteiger partial charge in [0, 0.05) is 0 Å². The summed E-state index contributed by atoms with van der Waals surface area (Å²) in [5.74, 6) is -1.03. The first-order valence-corrected chi connectivity index (χ1v) is 8.67. The lowest BCUT2D eigenvalue weighted by Crippen LogP contribution is -2.22. The summed E-state index contributed by atoms with van der Waals surface area (Å²) >= 11 is 1.31. The van der Waals surface area contributed by atoms with Crippen molar-refractivity contribution in [3.63, 3.8) is 0 Å².